The molecule has 1 aliphatic rings. The topological polar surface area (TPSA) is 72.8 Å². The van der Waals surface area contributed by atoms with Gasteiger partial charge in [-0.1, -0.05) is 0 Å². The Morgan fingerprint density at radius 2 is 1.94 bits per heavy atom. The number of fused-ring (bicyclic) bond motifs is 1. The minimum Gasteiger partial charge on any atom is -0.486 e. The summed E-state index contributed by atoms with van der Waals surface area (Å²) in [6, 6.07) is 4.69. The Kier molecular flexibility index (Phi) is 3.72. The van der Waals surface area contributed by atoms with E-state index in [2.05, 4.69) is 0 Å². The first-order valence-corrected chi connectivity index (χ1v) is 5.81. The van der Waals surface area contributed by atoms with E-state index < -0.39 is 23.6 Å². The summed E-state index contributed by atoms with van der Waals surface area (Å²) in [5.74, 6) is -0.495. The normalized spacial score (nSPS) is 14.9. The van der Waals surface area contributed by atoms with Crippen LogP contribution in [0.5, 0.6) is 11.5 Å². The molecule has 1 aromatic carbocycles. The molecule has 96 valence electrons. The van der Waals surface area contributed by atoms with Gasteiger partial charge in [0.2, 0.25) is 0 Å². The summed E-state index contributed by atoms with van der Waals surface area (Å²) in [5.41, 5.74) is 0.320. The Labute approximate surface area is 108 Å². The zero-order chi connectivity index (χ0) is 13.1. The highest BCUT2D eigenvalue weighted by molar-refractivity contribution is 6.34. The molecule has 0 spiro atoms. The van der Waals surface area contributed by atoms with E-state index in [1.165, 1.54) is 6.07 Å². The number of carbonyl (C=O) groups is 2. The molecule has 0 saturated carbocycles. The van der Waals surface area contributed by atoms with Gasteiger partial charge in [-0.3, -0.25) is 9.59 Å². The van der Waals surface area contributed by atoms with Gasteiger partial charge in [0.1, 0.15) is 18.6 Å². The Morgan fingerprint density at radius 1 is 1.28 bits per heavy atom. The average molecular weight is 271 g/mol. The van der Waals surface area contributed by atoms with Crippen LogP contribution in [-0.4, -0.2) is 35.4 Å². The highest BCUT2D eigenvalue weighted by atomic mass is 35.5. The standard InChI is InChI=1S/C12H11ClO5/c13-8(6-11(14)15)12(16)7-1-2-9-10(5-7)18-4-3-17-9/h1-2,5,8H,3-4,6H2,(H,14,15). The molecule has 1 heterocycles. The third-order valence-electron chi connectivity index (χ3n) is 2.47. The van der Waals surface area contributed by atoms with E-state index in [0.29, 0.717) is 30.3 Å². The molecule has 0 aromatic heterocycles. The van der Waals surface area contributed by atoms with Gasteiger partial charge in [0, 0.05) is 5.56 Å². The number of ketones is 1. The maximum atomic E-state index is 11.9. The summed E-state index contributed by atoms with van der Waals surface area (Å²) in [6.45, 7) is 0.890. The van der Waals surface area contributed by atoms with Crippen molar-refractivity contribution in [2.75, 3.05) is 13.2 Å². The van der Waals surface area contributed by atoms with Crippen LogP contribution < -0.4 is 9.47 Å². The molecule has 1 aromatic rings. The first kappa shape index (κ1) is 12.7. The molecule has 0 fully saturated rings. The van der Waals surface area contributed by atoms with Crippen LogP contribution >= 0.6 is 11.6 Å². The summed E-state index contributed by atoms with van der Waals surface area (Å²) < 4.78 is 10.7. The molecule has 1 atom stereocenters. The monoisotopic (exact) mass is 270 g/mol. The number of aliphatic carboxylic acids is 1. The molecule has 1 unspecified atom stereocenters. The molecule has 18 heavy (non-hydrogen) atoms. The lowest BCUT2D eigenvalue weighted by Gasteiger charge is -2.18. The number of carboxylic acids is 1. The molecule has 1 N–H and O–H groups in total. The van der Waals surface area contributed by atoms with E-state index in [1.54, 1.807) is 12.1 Å². The molecule has 0 saturated heterocycles. The molecular weight excluding hydrogens is 260 g/mol. The maximum absolute atomic E-state index is 11.9. The summed E-state index contributed by atoms with van der Waals surface area (Å²) in [6.07, 6.45) is -0.408. The molecule has 0 aliphatic carbocycles. The summed E-state index contributed by atoms with van der Waals surface area (Å²) in [4.78, 5) is 22.4. The Bertz CT molecular complexity index is 485. The first-order chi connectivity index (χ1) is 8.58. The number of rotatable bonds is 4. The second kappa shape index (κ2) is 5.27. The predicted octanol–water partition coefficient (Wildman–Crippen LogP) is 1.72. The fourth-order valence-corrected chi connectivity index (χ4v) is 1.88. The predicted molar refractivity (Wildman–Crippen MR) is 63.7 cm³/mol. The smallest absolute Gasteiger partial charge is 0.305 e. The largest absolute Gasteiger partial charge is 0.486 e. The lowest BCUT2D eigenvalue weighted by molar-refractivity contribution is -0.136. The van der Waals surface area contributed by atoms with Gasteiger partial charge in [-0.15, -0.1) is 11.6 Å². The van der Waals surface area contributed by atoms with E-state index >= 15 is 0 Å². The molecular formula is C12H11ClO5. The summed E-state index contributed by atoms with van der Waals surface area (Å²) >= 11 is 5.74. The van der Waals surface area contributed by atoms with E-state index in [1.807, 2.05) is 0 Å². The van der Waals surface area contributed by atoms with Gasteiger partial charge in [0.05, 0.1) is 6.42 Å². The van der Waals surface area contributed by atoms with Gasteiger partial charge in [0.25, 0.3) is 0 Å². The number of ether oxygens (including phenoxy) is 2. The van der Waals surface area contributed by atoms with Crippen molar-refractivity contribution in [3.05, 3.63) is 23.8 Å². The molecule has 5 nitrogen and oxygen atoms in total. The van der Waals surface area contributed by atoms with E-state index in [-0.39, 0.29) is 0 Å². The van der Waals surface area contributed by atoms with Crippen molar-refractivity contribution >= 4 is 23.4 Å². The van der Waals surface area contributed by atoms with Crippen LogP contribution in [0, 0.1) is 0 Å². The Balaban J connectivity index is 2.18. The van der Waals surface area contributed by atoms with E-state index in [9.17, 15) is 9.59 Å². The second-order valence-electron chi connectivity index (χ2n) is 3.79. The van der Waals surface area contributed by atoms with Crippen molar-refractivity contribution in [1.82, 2.24) is 0 Å². The number of benzene rings is 1. The number of Topliss-reactive ketones (excluding diaryl/α,β-unsaturated/α-hetero) is 1. The molecule has 0 radical (unpaired) electrons. The first-order valence-electron chi connectivity index (χ1n) is 5.37. The third kappa shape index (κ3) is 2.73. The number of alkyl halides is 1. The van der Waals surface area contributed by atoms with Crippen LogP contribution in [0.25, 0.3) is 0 Å². The molecule has 1 aliphatic heterocycles. The van der Waals surface area contributed by atoms with Crippen molar-refractivity contribution in [3.63, 3.8) is 0 Å². The van der Waals surface area contributed by atoms with Crippen LogP contribution in [0.2, 0.25) is 0 Å². The highest BCUT2D eigenvalue weighted by Gasteiger charge is 2.22. The number of hydrogen-bond donors (Lipinski definition) is 1. The minimum atomic E-state index is -1.11. The van der Waals surface area contributed by atoms with Crippen molar-refractivity contribution in [3.8, 4) is 11.5 Å². The van der Waals surface area contributed by atoms with Crippen LogP contribution in [0.15, 0.2) is 18.2 Å². The van der Waals surface area contributed by atoms with Crippen LogP contribution in [-0.2, 0) is 4.79 Å². The Hall–Kier alpha value is -1.75. The van der Waals surface area contributed by atoms with Gasteiger partial charge in [-0.05, 0) is 18.2 Å². The van der Waals surface area contributed by atoms with Crippen LogP contribution in [0.1, 0.15) is 16.8 Å². The highest BCUT2D eigenvalue weighted by Crippen LogP contribution is 2.31. The SMILES string of the molecule is O=C(O)CC(Cl)C(=O)c1ccc2c(c1)OCCO2. The molecule has 6 heteroatoms. The quantitative estimate of drug-likeness (QED) is 0.666. The van der Waals surface area contributed by atoms with E-state index in [4.69, 9.17) is 26.2 Å². The fraction of sp³-hybridized carbons (Fsp3) is 0.333. The van der Waals surface area contributed by atoms with Gasteiger partial charge >= 0.3 is 5.97 Å². The third-order valence-corrected chi connectivity index (χ3v) is 2.82. The van der Waals surface area contributed by atoms with Crippen molar-refractivity contribution in [2.24, 2.45) is 0 Å². The summed E-state index contributed by atoms with van der Waals surface area (Å²) in [5, 5.41) is 7.51. The van der Waals surface area contributed by atoms with Crippen LogP contribution in [0.4, 0.5) is 0 Å². The lowest BCUT2D eigenvalue weighted by atomic mass is 10.1. The number of hydrogen-bond acceptors (Lipinski definition) is 4. The summed E-state index contributed by atoms with van der Waals surface area (Å²) in [7, 11) is 0. The fourth-order valence-electron chi connectivity index (χ4n) is 1.62. The Morgan fingerprint density at radius 3 is 2.61 bits per heavy atom. The van der Waals surface area contributed by atoms with Crippen molar-refractivity contribution < 1.29 is 24.2 Å². The van der Waals surface area contributed by atoms with Crippen LogP contribution in [0.3, 0.4) is 0 Å². The van der Waals surface area contributed by atoms with Gasteiger partial charge < -0.3 is 14.6 Å². The van der Waals surface area contributed by atoms with Crippen molar-refractivity contribution in [2.45, 2.75) is 11.8 Å². The zero-order valence-corrected chi connectivity index (χ0v) is 10.1. The zero-order valence-electron chi connectivity index (χ0n) is 9.39. The maximum Gasteiger partial charge on any atom is 0.305 e. The molecule has 2 rings (SSSR count). The number of carboxylic acid groups (broad SMARTS) is 1. The lowest BCUT2D eigenvalue weighted by Crippen LogP contribution is -2.20. The second-order valence-corrected chi connectivity index (χ2v) is 4.31. The molecule has 0 bridgehead atoms. The van der Waals surface area contributed by atoms with Gasteiger partial charge in [-0.25, -0.2) is 0 Å². The van der Waals surface area contributed by atoms with Crippen molar-refractivity contribution in [1.29, 1.82) is 0 Å². The molecule has 0 amide bonds. The van der Waals surface area contributed by atoms with Gasteiger partial charge in [0.15, 0.2) is 17.3 Å². The van der Waals surface area contributed by atoms with Gasteiger partial charge in [-0.2, -0.15) is 0 Å². The van der Waals surface area contributed by atoms with E-state index in [0.717, 1.165) is 0 Å². The number of carbonyl (C=O) groups excluding carboxylic acids is 1. The average Bonchev–Trinajstić information content (AvgIpc) is 2.36. The number of halogens is 1. The minimum absolute atomic E-state index is 0.320.